The highest BCUT2D eigenvalue weighted by molar-refractivity contribution is 5.69. The monoisotopic (exact) mass is 462 g/mol. The smallest absolute Gasteiger partial charge is 0.409 e. The van der Waals surface area contributed by atoms with E-state index in [4.69, 9.17) is 9.47 Å². The Morgan fingerprint density at radius 1 is 1.24 bits per heavy atom. The van der Waals surface area contributed by atoms with Crippen molar-refractivity contribution in [3.63, 3.8) is 0 Å². The van der Waals surface area contributed by atoms with Gasteiger partial charge in [0.25, 0.3) is 0 Å². The van der Waals surface area contributed by atoms with Crippen molar-refractivity contribution in [2.24, 2.45) is 5.41 Å². The van der Waals surface area contributed by atoms with E-state index < -0.39 is 11.4 Å². The van der Waals surface area contributed by atoms with Crippen LogP contribution < -0.4 is 4.90 Å². The van der Waals surface area contributed by atoms with Gasteiger partial charge in [-0.15, -0.1) is 0 Å². The number of carbonyl (C=O) groups excluding carboxylic acids is 1. The second-order valence-corrected chi connectivity index (χ2v) is 10.1. The SMILES string of the molecule is CCOC(=O)N1CC2(CC[C@@H](N3CCN(c4ncc(F)cc4C4(O)CCOCC4)CC3)C2)C1. The number of ether oxygens (including phenoxy) is 2. The van der Waals surface area contributed by atoms with Crippen LogP contribution in [0.3, 0.4) is 0 Å². The molecule has 9 heteroatoms. The third kappa shape index (κ3) is 4.42. The summed E-state index contributed by atoms with van der Waals surface area (Å²) in [5.41, 5.74) is -0.244. The highest BCUT2D eigenvalue weighted by Crippen LogP contribution is 2.47. The van der Waals surface area contributed by atoms with Crippen LogP contribution in [0.1, 0.15) is 44.6 Å². The van der Waals surface area contributed by atoms with Crippen LogP contribution in [0.4, 0.5) is 15.0 Å². The normalized spacial score (nSPS) is 26.9. The minimum absolute atomic E-state index is 0.186. The van der Waals surface area contributed by atoms with Gasteiger partial charge >= 0.3 is 6.09 Å². The average molecular weight is 463 g/mol. The molecule has 1 atom stereocenters. The lowest BCUT2D eigenvalue weighted by atomic mass is 9.78. The fourth-order valence-corrected chi connectivity index (χ4v) is 6.19. The maximum atomic E-state index is 14.1. The molecule has 1 spiro atoms. The van der Waals surface area contributed by atoms with Gasteiger partial charge in [-0.05, 0) is 32.3 Å². The number of aromatic nitrogens is 1. The van der Waals surface area contributed by atoms with E-state index in [1.807, 2.05) is 11.8 Å². The predicted molar refractivity (Wildman–Crippen MR) is 121 cm³/mol. The first kappa shape index (κ1) is 22.8. The molecule has 5 rings (SSSR count). The molecule has 1 aromatic heterocycles. The van der Waals surface area contributed by atoms with E-state index in [0.717, 1.165) is 58.5 Å². The van der Waals surface area contributed by atoms with Crippen LogP contribution >= 0.6 is 0 Å². The molecule has 33 heavy (non-hydrogen) atoms. The van der Waals surface area contributed by atoms with Crippen molar-refractivity contribution in [1.82, 2.24) is 14.8 Å². The Morgan fingerprint density at radius 2 is 1.97 bits per heavy atom. The van der Waals surface area contributed by atoms with Crippen LogP contribution in [-0.2, 0) is 15.1 Å². The fraction of sp³-hybridized carbons (Fsp3) is 0.750. The number of hydrogen-bond donors (Lipinski definition) is 1. The van der Waals surface area contributed by atoms with E-state index in [2.05, 4.69) is 14.8 Å². The van der Waals surface area contributed by atoms with Gasteiger partial charge < -0.3 is 24.4 Å². The second-order valence-electron chi connectivity index (χ2n) is 10.1. The number of rotatable bonds is 4. The first-order chi connectivity index (χ1) is 15.9. The summed E-state index contributed by atoms with van der Waals surface area (Å²) in [5.74, 6) is 0.285. The van der Waals surface area contributed by atoms with Crippen LogP contribution in [0.25, 0.3) is 0 Å². The zero-order chi connectivity index (χ0) is 23.1. The van der Waals surface area contributed by atoms with E-state index in [1.165, 1.54) is 12.3 Å². The second kappa shape index (κ2) is 9.00. The molecule has 1 amide bonds. The van der Waals surface area contributed by atoms with Gasteiger partial charge in [-0.25, -0.2) is 14.2 Å². The Labute approximate surface area is 194 Å². The Hall–Kier alpha value is -1.97. The highest BCUT2D eigenvalue weighted by Gasteiger charge is 2.51. The molecule has 3 saturated heterocycles. The number of halogens is 1. The molecule has 4 heterocycles. The molecule has 1 N–H and O–H groups in total. The first-order valence-electron chi connectivity index (χ1n) is 12.3. The van der Waals surface area contributed by atoms with Crippen molar-refractivity contribution in [3.8, 4) is 0 Å². The molecular formula is C24H35FN4O4. The van der Waals surface area contributed by atoms with E-state index in [9.17, 15) is 14.3 Å². The van der Waals surface area contributed by atoms with Crippen LogP contribution in [0, 0.1) is 11.2 Å². The molecule has 0 radical (unpaired) electrons. The molecule has 0 unspecified atom stereocenters. The standard InChI is InChI=1S/C24H35FN4O4/c1-2-33-22(30)29-16-23(17-29)4-3-19(14-23)27-7-9-28(10-8-27)21-20(13-18(25)15-26-21)24(31)5-11-32-12-6-24/h13,15,19,31H,2-12,14,16-17H2,1H3/t19-/m1/s1. The Bertz CT molecular complexity index is 864. The molecule has 182 valence electrons. The van der Waals surface area contributed by atoms with Gasteiger partial charge in [-0.2, -0.15) is 0 Å². The van der Waals surface area contributed by atoms with E-state index >= 15 is 0 Å². The summed E-state index contributed by atoms with van der Waals surface area (Å²) >= 11 is 0. The van der Waals surface area contributed by atoms with Crippen molar-refractivity contribution < 1.29 is 23.8 Å². The van der Waals surface area contributed by atoms with Crippen LogP contribution in [0.5, 0.6) is 0 Å². The lowest BCUT2D eigenvalue weighted by Gasteiger charge is -2.48. The van der Waals surface area contributed by atoms with E-state index in [-0.39, 0.29) is 11.5 Å². The average Bonchev–Trinajstić information content (AvgIpc) is 3.25. The number of aliphatic hydroxyl groups is 1. The first-order valence-corrected chi connectivity index (χ1v) is 12.3. The summed E-state index contributed by atoms with van der Waals surface area (Å²) < 4.78 is 24.6. The number of carbonyl (C=O) groups is 1. The predicted octanol–water partition coefficient (Wildman–Crippen LogP) is 2.35. The summed E-state index contributed by atoms with van der Waals surface area (Å²) in [5, 5.41) is 11.2. The molecule has 0 bridgehead atoms. The van der Waals surface area contributed by atoms with Crippen molar-refractivity contribution in [2.45, 2.75) is 50.7 Å². The quantitative estimate of drug-likeness (QED) is 0.736. The van der Waals surface area contributed by atoms with Crippen LogP contribution in [0.15, 0.2) is 12.3 Å². The largest absolute Gasteiger partial charge is 0.450 e. The number of nitrogens with zero attached hydrogens (tertiary/aromatic N) is 4. The van der Waals surface area contributed by atoms with Crippen LogP contribution in [0.2, 0.25) is 0 Å². The zero-order valence-electron chi connectivity index (χ0n) is 19.5. The Kier molecular flexibility index (Phi) is 6.22. The van der Waals surface area contributed by atoms with Gasteiger partial charge in [0.15, 0.2) is 0 Å². The Morgan fingerprint density at radius 3 is 2.67 bits per heavy atom. The van der Waals surface area contributed by atoms with Crippen molar-refractivity contribution in [3.05, 3.63) is 23.6 Å². The summed E-state index contributed by atoms with van der Waals surface area (Å²) in [4.78, 5) is 22.9. The minimum Gasteiger partial charge on any atom is -0.450 e. The minimum atomic E-state index is -1.09. The lowest BCUT2D eigenvalue weighted by Crippen LogP contribution is -2.58. The summed E-state index contributed by atoms with van der Waals surface area (Å²) in [6.07, 6.45) is 5.43. The van der Waals surface area contributed by atoms with Gasteiger partial charge in [0, 0.05) is 82.3 Å². The molecular weight excluding hydrogens is 427 g/mol. The third-order valence-electron chi connectivity index (χ3n) is 8.04. The van der Waals surface area contributed by atoms with Gasteiger partial charge in [0.2, 0.25) is 0 Å². The fourth-order valence-electron chi connectivity index (χ4n) is 6.19. The van der Waals surface area contributed by atoms with Gasteiger partial charge in [-0.1, -0.05) is 0 Å². The number of likely N-dealkylation sites (tertiary alicyclic amines) is 1. The molecule has 1 aromatic rings. The van der Waals surface area contributed by atoms with Gasteiger partial charge in [0.1, 0.15) is 11.6 Å². The van der Waals surface area contributed by atoms with E-state index in [1.54, 1.807) is 0 Å². The number of piperazine rings is 1. The van der Waals surface area contributed by atoms with Crippen molar-refractivity contribution in [1.29, 1.82) is 0 Å². The van der Waals surface area contributed by atoms with Crippen LogP contribution in [-0.4, -0.2) is 91.1 Å². The lowest BCUT2D eigenvalue weighted by molar-refractivity contribution is -0.0679. The molecule has 1 saturated carbocycles. The third-order valence-corrected chi connectivity index (χ3v) is 8.04. The maximum absolute atomic E-state index is 14.1. The van der Waals surface area contributed by atoms with Gasteiger partial charge in [0.05, 0.1) is 18.4 Å². The molecule has 0 aromatic carbocycles. The highest BCUT2D eigenvalue weighted by atomic mass is 19.1. The Balaban J connectivity index is 1.19. The number of amides is 1. The molecule has 3 aliphatic heterocycles. The van der Waals surface area contributed by atoms with Crippen molar-refractivity contribution >= 4 is 11.9 Å². The maximum Gasteiger partial charge on any atom is 0.409 e. The van der Waals surface area contributed by atoms with Crippen molar-refractivity contribution in [2.75, 3.05) is 64.0 Å². The summed E-state index contributed by atoms with van der Waals surface area (Å²) in [6, 6.07) is 1.99. The van der Waals surface area contributed by atoms with Gasteiger partial charge in [-0.3, -0.25) is 4.90 Å². The van der Waals surface area contributed by atoms with E-state index in [0.29, 0.717) is 50.1 Å². The summed E-state index contributed by atoms with van der Waals surface area (Å²) in [7, 11) is 0. The molecule has 4 aliphatic rings. The summed E-state index contributed by atoms with van der Waals surface area (Å²) in [6.45, 7) is 8.27. The topological polar surface area (TPSA) is 78.4 Å². The molecule has 1 aliphatic carbocycles. The zero-order valence-corrected chi connectivity index (χ0v) is 19.5. The number of anilines is 1. The molecule has 4 fully saturated rings. The molecule has 8 nitrogen and oxygen atoms in total. The number of pyridine rings is 1. The number of hydrogen-bond acceptors (Lipinski definition) is 7.